The Hall–Kier alpha value is -7.83. The molecule has 12 aromatic rings. The number of aromatic nitrogens is 4. The smallest absolute Gasteiger partial charge is 0.164 e. The minimum atomic E-state index is 0.558. The standard InChI is InChI=1S/C51H30N4O2/c1-3-13-31(14-4-1)33-26-28-42-40(29-33)35-17-7-9-21-41(35)55(42)43-22-11-19-37-36-27-25-34(30-46(36)57-48(37)43)50-52-49(32-15-5-2-6-16-32)53-51(54-50)39-20-12-24-45-47(39)38-18-8-10-23-44(38)56-45/h1-30H. The van der Waals surface area contributed by atoms with E-state index in [2.05, 4.69) is 126 Å². The number of furan rings is 2. The van der Waals surface area contributed by atoms with Crippen LogP contribution in [0.25, 0.3) is 117 Å². The van der Waals surface area contributed by atoms with Crippen LogP contribution in [0.1, 0.15) is 0 Å². The minimum absolute atomic E-state index is 0.558. The second-order valence-corrected chi connectivity index (χ2v) is 14.4. The number of para-hydroxylation sites is 3. The third kappa shape index (κ3) is 4.94. The van der Waals surface area contributed by atoms with Crippen molar-refractivity contribution in [1.29, 1.82) is 0 Å². The SMILES string of the molecule is c1ccc(-c2ccc3c(c2)c2ccccc2n3-c2cccc3c2oc2cc(-c4nc(-c5ccccc5)nc(-c5cccc6oc7ccccc7c56)n4)ccc23)cc1. The molecule has 0 aliphatic carbocycles. The van der Waals surface area contributed by atoms with E-state index in [0.717, 1.165) is 77.3 Å². The van der Waals surface area contributed by atoms with Gasteiger partial charge in [-0.2, -0.15) is 0 Å². The first-order valence-corrected chi connectivity index (χ1v) is 19.0. The summed E-state index contributed by atoms with van der Waals surface area (Å²) in [5.74, 6) is 1.72. The van der Waals surface area contributed by atoms with Gasteiger partial charge in [-0.1, -0.05) is 133 Å². The summed E-state index contributed by atoms with van der Waals surface area (Å²) in [5, 5.41) is 6.45. The number of benzene rings is 8. The highest BCUT2D eigenvalue weighted by Crippen LogP contribution is 2.41. The first kappa shape index (κ1) is 31.5. The molecule has 0 spiro atoms. The van der Waals surface area contributed by atoms with Gasteiger partial charge in [-0.3, -0.25) is 0 Å². The number of nitrogens with zero attached hydrogens (tertiary/aromatic N) is 4. The Bertz CT molecular complexity index is 3530. The fourth-order valence-electron chi connectivity index (χ4n) is 8.44. The van der Waals surface area contributed by atoms with E-state index in [9.17, 15) is 0 Å². The van der Waals surface area contributed by atoms with Gasteiger partial charge in [-0.05, 0) is 59.7 Å². The largest absolute Gasteiger partial charge is 0.456 e. The molecule has 0 saturated carbocycles. The van der Waals surface area contributed by atoms with E-state index in [0.29, 0.717) is 17.5 Å². The zero-order valence-electron chi connectivity index (χ0n) is 30.4. The maximum absolute atomic E-state index is 6.88. The van der Waals surface area contributed by atoms with Crippen molar-refractivity contribution in [2.24, 2.45) is 0 Å². The molecule has 6 heteroatoms. The molecular formula is C51H30N4O2. The van der Waals surface area contributed by atoms with E-state index in [-0.39, 0.29) is 0 Å². The van der Waals surface area contributed by atoms with Crippen LogP contribution in [-0.2, 0) is 0 Å². The van der Waals surface area contributed by atoms with Crippen LogP contribution >= 0.6 is 0 Å². The average Bonchev–Trinajstić information content (AvgIpc) is 3.96. The van der Waals surface area contributed by atoms with E-state index in [4.69, 9.17) is 23.8 Å². The summed E-state index contributed by atoms with van der Waals surface area (Å²) in [6, 6.07) is 62.7. The third-order valence-electron chi connectivity index (χ3n) is 11.1. The zero-order chi connectivity index (χ0) is 37.5. The van der Waals surface area contributed by atoms with Crippen molar-refractivity contribution < 1.29 is 8.83 Å². The van der Waals surface area contributed by atoms with Gasteiger partial charge in [-0.25, -0.2) is 15.0 Å². The lowest BCUT2D eigenvalue weighted by atomic mass is 10.0. The molecule has 8 aromatic carbocycles. The first-order valence-electron chi connectivity index (χ1n) is 19.0. The molecule has 0 bridgehead atoms. The average molecular weight is 731 g/mol. The Balaban J connectivity index is 1.04. The van der Waals surface area contributed by atoms with Crippen molar-refractivity contribution in [3.63, 3.8) is 0 Å². The molecule has 0 aliphatic heterocycles. The highest BCUT2D eigenvalue weighted by atomic mass is 16.3. The quantitative estimate of drug-likeness (QED) is 0.176. The van der Waals surface area contributed by atoms with Crippen molar-refractivity contribution in [3.8, 4) is 51.0 Å². The second kappa shape index (κ2) is 12.3. The van der Waals surface area contributed by atoms with Crippen LogP contribution in [0, 0.1) is 0 Å². The molecule has 4 aromatic heterocycles. The fraction of sp³-hybridized carbons (Fsp3) is 0. The number of hydrogen-bond donors (Lipinski definition) is 0. The summed E-state index contributed by atoms with van der Waals surface area (Å²) in [6.45, 7) is 0. The van der Waals surface area contributed by atoms with Crippen molar-refractivity contribution in [2.45, 2.75) is 0 Å². The third-order valence-corrected chi connectivity index (χ3v) is 11.1. The number of rotatable bonds is 5. The predicted octanol–water partition coefficient (Wildman–Crippen LogP) is 13.4. The topological polar surface area (TPSA) is 69.9 Å². The normalized spacial score (nSPS) is 11.9. The maximum atomic E-state index is 6.88. The molecular weight excluding hydrogens is 701 g/mol. The van der Waals surface area contributed by atoms with Crippen LogP contribution in [0.5, 0.6) is 0 Å². The molecule has 12 rings (SSSR count). The van der Waals surface area contributed by atoms with E-state index >= 15 is 0 Å². The summed E-state index contributed by atoms with van der Waals surface area (Å²) in [4.78, 5) is 15.3. The molecule has 0 fully saturated rings. The lowest BCUT2D eigenvalue weighted by Gasteiger charge is -2.09. The van der Waals surface area contributed by atoms with Crippen LogP contribution in [0.15, 0.2) is 191 Å². The highest BCUT2D eigenvalue weighted by molar-refractivity contribution is 6.14. The van der Waals surface area contributed by atoms with Gasteiger partial charge < -0.3 is 13.4 Å². The van der Waals surface area contributed by atoms with Crippen LogP contribution < -0.4 is 0 Å². The summed E-state index contributed by atoms with van der Waals surface area (Å²) in [6.07, 6.45) is 0. The summed E-state index contributed by atoms with van der Waals surface area (Å²) >= 11 is 0. The van der Waals surface area contributed by atoms with Crippen LogP contribution in [-0.4, -0.2) is 19.5 Å². The molecule has 6 nitrogen and oxygen atoms in total. The van der Waals surface area contributed by atoms with Crippen LogP contribution in [0.4, 0.5) is 0 Å². The molecule has 0 unspecified atom stereocenters. The number of hydrogen-bond acceptors (Lipinski definition) is 5. The monoisotopic (exact) mass is 730 g/mol. The Labute approximate surface area is 325 Å². The Morgan fingerprint density at radius 1 is 0.351 bits per heavy atom. The zero-order valence-corrected chi connectivity index (χ0v) is 30.4. The van der Waals surface area contributed by atoms with E-state index < -0.39 is 0 Å². The van der Waals surface area contributed by atoms with Gasteiger partial charge in [0.2, 0.25) is 0 Å². The highest BCUT2D eigenvalue weighted by Gasteiger charge is 2.21. The number of fused-ring (bicyclic) bond motifs is 9. The van der Waals surface area contributed by atoms with Crippen molar-refractivity contribution >= 4 is 65.7 Å². The van der Waals surface area contributed by atoms with Gasteiger partial charge in [-0.15, -0.1) is 0 Å². The van der Waals surface area contributed by atoms with Crippen LogP contribution in [0.3, 0.4) is 0 Å². The molecule has 0 aliphatic rings. The maximum Gasteiger partial charge on any atom is 0.164 e. The summed E-state index contributed by atoms with van der Waals surface area (Å²) < 4.78 is 15.5. The van der Waals surface area contributed by atoms with Crippen LogP contribution in [0.2, 0.25) is 0 Å². The molecule has 4 heterocycles. The van der Waals surface area contributed by atoms with E-state index in [1.54, 1.807) is 0 Å². The van der Waals surface area contributed by atoms with E-state index in [1.165, 1.54) is 21.9 Å². The van der Waals surface area contributed by atoms with Gasteiger partial charge in [0.15, 0.2) is 23.1 Å². The predicted molar refractivity (Wildman–Crippen MR) is 230 cm³/mol. The van der Waals surface area contributed by atoms with Gasteiger partial charge in [0.05, 0.1) is 16.7 Å². The van der Waals surface area contributed by atoms with Gasteiger partial charge in [0.1, 0.15) is 16.7 Å². The van der Waals surface area contributed by atoms with E-state index in [1.807, 2.05) is 60.7 Å². The Morgan fingerprint density at radius 3 is 1.86 bits per heavy atom. The summed E-state index contributed by atoms with van der Waals surface area (Å²) in [7, 11) is 0. The van der Waals surface area contributed by atoms with Gasteiger partial charge in [0.25, 0.3) is 0 Å². The molecule has 0 N–H and O–H groups in total. The Morgan fingerprint density at radius 2 is 1.00 bits per heavy atom. The molecule has 0 saturated heterocycles. The van der Waals surface area contributed by atoms with Crippen molar-refractivity contribution in [2.75, 3.05) is 0 Å². The molecule has 57 heavy (non-hydrogen) atoms. The van der Waals surface area contributed by atoms with Gasteiger partial charge in [0, 0.05) is 49.0 Å². The Kier molecular flexibility index (Phi) is 6.83. The minimum Gasteiger partial charge on any atom is -0.456 e. The molecule has 266 valence electrons. The van der Waals surface area contributed by atoms with Gasteiger partial charge >= 0.3 is 0 Å². The lowest BCUT2D eigenvalue weighted by molar-refractivity contribution is 0.666. The molecule has 0 amide bonds. The van der Waals surface area contributed by atoms with Crippen molar-refractivity contribution in [3.05, 3.63) is 182 Å². The summed E-state index contributed by atoms with van der Waals surface area (Å²) in [5.41, 5.74) is 11.4. The molecule has 0 radical (unpaired) electrons. The lowest BCUT2D eigenvalue weighted by Crippen LogP contribution is -2.00. The second-order valence-electron chi connectivity index (χ2n) is 14.4. The van der Waals surface area contributed by atoms with Crippen molar-refractivity contribution in [1.82, 2.24) is 19.5 Å². The first-order chi connectivity index (χ1) is 28.2. The molecule has 0 atom stereocenters. The fourth-order valence-corrected chi connectivity index (χ4v) is 8.44.